The van der Waals surface area contributed by atoms with Crippen molar-refractivity contribution in [3.63, 3.8) is 0 Å². The predicted molar refractivity (Wildman–Crippen MR) is 69.5 cm³/mol. The molecule has 2 aliphatic rings. The summed E-state index contributed by atoms with van der Waals surface area (Å²) in [4.78, 5) is 12.3. The smallest absolute Gasteiger partial charge is 0.181 e. The maximum absolute atomic E-state index is 12.3. The van der Waals surface area contributed by atoms with Gasteiger partial charge < -0.3 is 5.32 Å². The zero-order valence-electron chi connectivity index (χ0n) is 10.9. The average Bonchev–Trinajstić information content (AvgIpc) is 2.95. The van der Waals surface area contributed by atoms with Gasteiger partial charge in [0.05, 0.1) is 0 Å². The fourth-order valence-corrected chi connectivity index (χ4v) is 3.53. The molecule has 0 amide bonds. The van der Waals surface area contributed by atoms with E-state index in [9.17, 15) is 4.79 Å². The molecule has 0 aliphatic carbocycles. The molecule has 0 spiro atoms. The number of hydrogen-bond donors (Lipinski definition) is 1. The van der Waals surface area contributed by atoms with E-state index in [0.29, 0.717) is 24.4 Å². The van der Waals surface area contributed by atoms with Gasteiger partial charge in [0, 0.05) is 31.2 Å². The maximum Gasteiger partial charge on any atom is 0.181 e. The molecule has 1 aromatic heterocycles. The highest BCUT2D eigenvalue weighted by Crippen LogP contribution is 2.33. The van der Waals surface area contributed by atoms with Gasteiger partial charge in [-0.1, -0.05) is 0 Å². The fourth-order valence-electron chi connectivity index (χ4n) is 3.53. The molecule has 4 heteroatoms. The number of fused-ring (bicyclic) bond motifs is 2. The van der Waals surface area contributed by atoms with E-state index in [2.05, 4.69) is 10.4 Å². The van der Waals surface area contributed by atoms with Crippen LogP contribution in [0.1, 0.15) is 49.5 Å². The van der Waals surface area contributed by atoms with Gasteiger partial charge in [0.15, 0.2) is 5.78 Å². The van der Waals surface area contributed by atoms with Crippen LogP contribution in [0.5, 0.6) is 0 Å². The van der Waals surface area contributed by atoms with Crippen molar-refractivity contribution in [2.75, 3.05) is 0 Å². The molecule has 0 radical (unpaired) electrons. The van der Waals surface area contributed by atoms with Crippen molar-refractivity contribution in [2.24, 2.45) is 5.92 Å². The molecule has 4 nitrogen and oxygen atoms in total. The number of rotatable bonds is 4. The zero-order valence-corrected chi connectivity index (χ0v) is 10.9. The molecule has 18 heavy (non-hydrogen) atoms. The Morgan fingerprint density at radius 2 is 2.17 bits per heavy atom. The summed E-state index contributed by atoms with van der Waals surface area (Å²) in [7, 11) is 0. The van der Waals surface area contributed by atoms with Crippen molar-refractivity contribution >= 4 is 5.78 Å². The van der Waals surface area contributed by atoms with E-state index in [1.807, 2.05) is 13.0 Å². The minimum atomic E-state index is 0.264. The third-order valence-corrected chi connectivity index (χ3v) is 4.35. The van der Waals surface area contributed by atoms with Crippen LogP contribution in [-0.4, -0.2) is 27.6 Å². The van der Waals surface area contributed by atoms with Crippen molar-refractivity contribution in [3.05, 3.63) is 18.0 Å². The second-order valence-electron chi connectivity index (χ2n) is 5.63. The standard InChI is InChI=1S/C14H21N3O/c1-2-17-13(5-6-15-17)14(18)9-10-7-11-3-4-12(8-10)16-11/h5-6,10-12,16H,2-4,7-9H2,1H3. The lowest BCUT2D eigenvalue weighted by Gasteiger charge is -2.28. The van der Waals surface area contributed by atoms with Gasteiger partial charge in [-0.25, -0.2) is 0 Å². The van der Waals surface area contributed by atoms with Gasteiger partial charge in [0.25, 0.3) is 0 Å². The van der Waals surface area contributed by atoms with Crippen LogP contribution >= 0.6 is 0 Å². The van der Waals surface area contributed by atoms with Crippen molar-refractivity contribution < 1.29 is 4.79 Å². The molecular formula is C14H21N3O. The predicted octanol–water partition coefficient (Wildman–Crippen LogP) is 2.01. The molecule has 1 N–H and O–H groups in total. The second-order valence-corrected chi connectivity index (χ2v) is 5.63. The molecule has 2 atom stereocenters. The number of ketones is 1. The van der Waals surface area contributed by atoms with Gasteiger partial charge in [-0.15, -0.1) is 0 Å². The number of aromatic nitrogens is 2. The molecule has 0 saturated carbocycles. The zero-order chi connectivity index (χ0) is 12.5. The lowest BCUT2D eigenvalue weighted by molar-refractivity contribution is 0.0935. The van der Waals surface area contributed by atoms with Crippen LogP contribution in [0, 0.1) is 5.92 Å². The Kier molecular flexibility index (Phi) is 3.20. The van der Waals surface area contributed by atoms with E-state index in [0.717, 1.165) is 12.2 Å². The summed E-state index contributed by atoms with van der Waals surface area (Å²) in [6, 6.07) is 3.18. The summed E-state index contributed by atoms with van der Waals surface area (Å²) >= 11 is 0. The highest BCUT2D eigenvalue weighted by Gasteiger charge is 2.34. The number of carbonyl (C=O) groups is 1. The van der Waals surface area contributed by atoms with Gasteiger partial charge >= 0.3 is 0 Å². The summed E-state index contributed by atoms with van der Waals surface area (Å²) < 4.78 is 1.80. The topological polar surface area (TPSA) is 46.9 Å². The van der Waals surface area contributed by atoms with Crippen LogP contribution < -0.4 is 5.32 Å². The van der Waals surface area contributed by atoms with Crippen LogP contribution in [0.4, 0.5) is 0 Å². The number of aryl methyl sites for hydroxylation is 1. The summed E-state index contributed by atoms with van der Waals surface area (Å²) in [6.45, 7) is 2.79. The third-order valence-electron chi connectivity index (χ3n) is 4.35. The number of nitrogens with zero attached hydrogens (tertiary/aromatic N) is 2. The minimum Gasteiger partial charge on any atom is -0.311 e. The van der Waals surface area contributed by atoms with Crippen LogP contribution in [-0.2, 0) is 6.54 Å². The Hall–Kier alpha value is -1.16. The van der Waals surface area contributed by atoms with Gasteiger partial charge in [0.2, 0.25) is 0 Å². The van der Waals surface area contributed by atoms with E-state index >= 15 is 0 Å². The lowest BCUT2D eigenvalue weighted by atomic mass is 9.87. The highest BCUT2D eigenvalue weighted by molar-refractivity contribution is 5.94. The van der Waals surface area contributed by atoms with Gasteiger partial charge in [-0.3, -0.25) is 9.48 Å². The van der Waals surface area contributed by atoms with Crippen molar-refractivity contribution in [1.82, 2.24) is 15.1 Å². The lowest BCUT2D eigenvalue weighted by Crippen LogP contribution is -2.38. The number of nitrogens with one attached hydrogen (secondary N) is 1. The highest BCUT2D eigenvalue weighted by atomic mass is 16.1. The molecule has 2 saturated heterocycles. The maximum atomic E-state index is 12.3. The van der Waals surface area contributed by atoms with Gasteiger partial charge in [-0.05, 0) is 44.6 Å². The first kappa shape index (κ1) is 11.9. The van der Waals surface area contributed by atoms with Crippen LogP contribution in [0.15, 0.2) is 12.3 Å². The van der Waals surface area contributed by atoms with E-state index in [1.54, 1.807) is 10.9 Å². The van der Waals surface area contributed by atoms with E-state index in [4.69, 9.17) is 0 Å². The molecule has 0 aromatic carbocycles. The van der Waals surface area contributed by atoms with Crippen molar-refractivity contribution in [2.45, 2.75) is 57.7 Å². The largest absolute Gasteiger partial charge is 0.311 e. The van der Waals surface area contributed by atoms with E-state index in [-0.39, 0.29) is 5.78 Å². The van der Waals surface area contributed by atoms with Crippen molar-refractivity contribution in [1.29, 1.82) is 0 Å². The van der Waals surface area contributed by atoms with Crippen LogP contribution in [0.3, 0.4) is 0 Å². The molecule has 2 bridgehead atoms. The third kappa shape index (κ3) is 2.21. The molecular weight excluding hydrogens is 226 g/mol. The molecule has 2 unspecified atom stereocenters. The van der Waals surface area contributed by atoms with Gasteiger partial charge in [-0.2, -0.15) is 5.10 Å². The minimum absolute atomic E-state index is 0.264. The summed E-state index contributed by atoms with van der Waals surface area (Å²) in [5.41, 5.74) is 0.781. The van der Waals surface area contributed by atoms with Gasteiger partial charge in [0.1, 0.15) is 5.69 Å². The summed E-state index contributed by atoms with van der Waals surface area (Å²) in [5.74, 6) is 0.831. The molecule has 3 rings (SSSR count). The fraction of sp³-hybridized carbons (Fsp3) is 0.714. The normalized spacial score (nSPS) is 30.6. The Labute approximate surface area is 108 Å². The summed E-state index contributed by atoms with van der Waals surface area (Å²) in [5, 5.41) is 7.80. The van der Waals surface area contributed by atoms with Crippen LogP contribution in [0.2, 0.25) is 0 Å². The quantitative estimate of drug-likeness (QED) is 0.828. The first-order valence-corrected chi connectivity index (χ1v) is 7.07. The number of piperidine rings is 1. The molecule has 3 heterocycles. The first-order valence-electron chi connectivity index (χ1n) is 7.07. The average molecular weight is 247 g/mol. The Morgan fingerprint density at radius 1 is 1.44 bits per heavy atom. The van der Waals surface area contributed by atoms with Crippen LogP contribution in [0.25, 0.3) is 0 Å². The molecule has 98 valence electrons. The number of Topliss-reactive ketones (excluding diaryl/α,β-unsaturated/α-hetero) is 1. The molecule has 1 aromatic rings. The summed E-state index contributed by atoms with van der Waals surface area (Å²) in [6.07, 6.45) is 7.35. The number of hydrogen-bond acceptors (Lipinski definition) is 3. The van der Waals surface area contributed by atoms with Crippen molar-refractivity contribution in [3.8, 4) is 0 Å². The molecule has 2 aliphatic heterocycles. The monoisotopic (exact) mass is 247 g/mol. The SMILES string of the molecule is CCn1nccc1C(=O)CC1CC2CCC(C1)N2. The first-order chi connectivity index (χ1) is 8.76. The number of carbonyl (C=O) groups excluding carboxylic acids is 1. The van der Waals surface area contributed by atoms with E-state index in [1.165, 1.54) is 25.7 Å². The molecule has 2 fully saturated rings. The Morgan fingerprint density at radius 3 is 2.83 bits per heavy atom. The Balaban J connectivity index is 1.64. The second kappa shape index (κ2) is 4.84. The van der Waals surface area contributed by atoms with E-state index < -0.39 is 0 Å². The Bertz CT molecular complexity index is 428.